The number of rotatable bonds is 13. The zero-order chi connectivity index (χ0) is 26.0. The third-order valence-corrected chi connectivity index (χ3v) is 7.78. The molecule has 0 saturated heterocycles. The third kappa shape index (κ3) is 9.83. The molecule has 0 bridgehead atoms. The first-order chi connectivity index (χ1) is 17.2. The largest absolute Gasteiger partial charge is 0.381 e. The summed E-state index contributed by atoms with van der Waals surface area (Å²) in [4.78, 5) is 16.4. The Morgan fingerprint density at radius 3 is 2.53 bits per heavy atom. The van der Waals surface area contributed by atoms with Crippen molar-refractivity contribution < 1.29 is 4.79 Å². The van der Waals surface area contributed by atoms with Crippen molar-refractivity contribution in [3.8, 4) is 0 Å². The maximum absolute atomic E-state index is 12.7. The van der Waals surface area contributed by atoms with Gasteiger partial charge < -0.3 is 15.5 Å². The summed E-state index contributed by atoms with van der Waals surface area (Å²) in [5, 5.41) is 6.75. The molecule has 1 atom stereocenters. The highest BCUT2D eigenvalue weighted by atomic mass is 35.6. The average molecular weight is 569 g/mol. The lowest BCUT2D eigenvalue weighted by Gasteiger charge is -2.30. The summed E-state index contributed by atoms with van der Waals surface area (Å²) in [5.74, 6) is 0.817. The van der Waals surface area contributed by atoms with Crippen molar-refractivity contribution >= 4 is 58.2 Å². The highest BCUT2D eigenvalue weighted by molar-refractivity contribution is 7.99. The fourth-order valence-electron chi connectivity index (χ4n) is 4.55. The molecule has 0 saturated carbocycles. The molecule has 4 nitrogen and oxygen atoms in total. The monoisotopic (exact) mass is 567 g/mol. The van der Waals surface area contributed by atoms with E-state index in [1.807, 2.05) is 30.0 Å². The van der Waals surface area contributed by atoms with Crippen molar-refractivity contribution in [2.75, 3.05) is 37.2 Å². The molecule has 3 rings (SSSR count). The Morgan fingerprint density at radius 1 is 1.08 bits per heavy atom. The Morgan fingerprint density at radius 2 is 1.83 bits per heavy atom. The number of halogens is 3. The van der Waals surface area contributed by atoms with Gasteiger partial charge >= 0.3 is 0 Å². The van der Waals surface area contributed by atoms with Gasteiger partial charge in [-0.1, -0.05) is 96.7 Å². The van der Waals surface area contributed by atoms with Gasteiger partial charge in [0.15, 0.2) is 3.79 Å². The van der Waals surface area contributed by atoms with Crippen LogP contribution in [0.2, 0.25) is 0 Å². The lowest BCUT2D eigenvalue weighted by atomic mass is 9.90. The van der Waals surface area contributed by atoms with E-state index in [2.05, 4.69) is 71.9 Å². The number of hydrogen-bond donors (Lipinski definition) is 2. The van der Waals surface area contributed by atoms with Gasteiger partial charge in [0.1, 0.15) is 0 Å². The zero-order valence-corrected chi connectivity index (χ0v) is 24.1. The lowest BCUT2D eigenvalue weighted by molar-refractivity contribution is -0.122. The quantitative estimate of drug-likeness (QED) is 0.154. The molecule has 2 aromatic rings. The molecule has 0 fully saturated rings. The number of nitrogens with one attached hydrogen (secondary N) is 2. The second-order valence-electron chi connectivity index (χ2n) is 9.22. The Bertz CT molecular complexity index is 1010. The van der Waals surface area contributed by atoms with E-state index in [1.165, 1.54) is 10.5 Å². The first kappa shape index (κ1) is 29.2. The van der Waals surface area contributed by atoms with Crippen LogP contribution in [-0.2, 0) is 11.2 Å². The number of benzene rings is 2. The zero-order valence-electron chi connectivity index (χ0n) is 21.0. The molecule has 0 heterocycles. The summed E-state index contributed by atoms with van der Waals surface area (Å²) in [6.45, 7) is 8.41. The van der Waals surface area contributed by atoms with Crippen LogP contribution in [-0.4, -0.2) is 52.1 Å². The summed E-state index contributed by atoms with van der Waals surface area (Å²) < 4.78 is -1.61. The number of nitrogens with zero attached hydrogens (tertiary/aromatic N) is 1. The van der Waals surface area contributed by atoms with Gasteiger partial charge in [0.2, 0.25) is 5.91 Å². The SMILES string of the molecule is CCN(CC)CCSc1cccc(NCC2=CC(Cc3ccccc3)(NC(=O)CC(Cl)(Cl)Cl)CC2)c1. The standard InChI is InChI=1S/C28H36Cl3N3OS/c1-3-34(4-2)15-16-36-25-12-8-11-24(17-25)32-21-23-13-14-27(19-23,18-22-9-6-5-7-10-22)33-26(35)20-28(29,30)31/h5-12,17,19,32H,3-4,13-16,18,20-21H2,1-2H3,(H,33,35). The minimum absolute atomic E-state index is 0.172. The molecule has 196 valence electrons. The summed E-state index contributed by atoms with van der Waals surface area (Å²) in [5.41, 5.74) is 3.03. The molecule has 0 aromatic heterocycles. The van der Waals surface area contributed by atoms with E-state index in [1.54, 1.807) is 0 Å². The molecular formula is C28H36Cl3N3OS. The van der Waals surface area contributed by atoms with Crippen LogP contribution in [0, 0.1) is 0 Å². The first-order valence-electron chi connectivity index (χ1n) is 12.5. The van der Waals surface area contributed by atoms with E-state index >= 15 is 0 Å². The van der Waals surface area contributed by atoms with Crippen molar-refractivity contribution in [1.29, 1.82) is 0 Å². The molecular weight excluding hydrogens is 533 g/mol. The van der Waals surface area contributed by atoms with Crippen LogP contribution >= 0.6 is 46.6 Å². The second kappa shape index (κ2) is 14.0. The van der Waals surface area contributed by atoms with E-state index in [0.717, 1.165) is 56.0 Å². The van der Waals surface area contributed by atoms with Crippen LogP contribution < -0.4 is 10.6 Å². The van der Waals surface area contributed by atoms with Crippen LogP contribution in [0.4, 0.5) is 5.69 Å². The van der Waals surface area contributed by atoms with Gasteiger partial charge in [-0.05, 0) is 56.1 Å². The fourth-order valence-corrected chi connectivity index (χ4v) is 5.88. The summed E-state index contributed by atoms with van der Waals surface area (Å²) >= 11 is 19.5. The highest BCUT2D eigenvalue weighted by Gasteiger charge is 2.36. The van der Waals surface area contributed by atoms with Gasteiger partial charge in [0.25, 0.3) is 0 Å². The number of alkyl halides is 3. The minimum atomic E-state index is -1.61. The van der Waals surface area contributed by atoms with Crippen LogP contribution in [0.5, 0.6) is 0 Å². The molecule has 1 aliphatic carbocycles. The molecule has 2 aromatic carbocycles. The molecule has 1 unspecified atom stereocenters. The summed E-state index contributed by atoms with van der Waals surface area (Å²) in [6, 6.07) is 18.8. The Hall–Kier alpha value is -1.37. The third-order valence-electron chi connectivity index (χ3n) is 6.41. The van der Waals surface area contributed by atoms with Crippen molar-refractivity contribution in [3.05, 3.63) is 71.8 Å². The molecule has 36 heavy (non-hydrogen) atoms. The molecule has 0 aliphatic heterocycles. The minimum Gasteiger partial charge on any atom is -0.381 e. The van der Waals surface area contributed by atoms with E-state index in [-0.39, 0.29) is 12.3 Å². The van der Waals surface area contributed by atoms with Crippen LogP contribution in [0.25, 0.3) is 0 Å². The lowest BCUT2D eigenvalue weighted by Crippen LogP contribution is -2.48. The maximum atomic E-state index is 12.7. The molecule has 1 amide bonds. The van der Waals surface area contributed by atoms with Crippen LogP contribution in [0.1, 0.15) is 38.7 Å². The average Bonchev–Trinajstić information content (AvgIpc) is 3.22. The van der Waals surface area contributed by atoms with Gasteiger partial charge in [-0.2, -0.15) is 0 Å². The Labute approximate surface area is 235 Å². The van der Waals surface area contributed by atoms with Gasteiger partial charge in [-0.3, -0.25) is 4.79 Å². The molecule has 8 heteroatoms. The van der Waals surface area contributed by atoms with Crippen molar-refractivity contribution in [3.63, 3.8) is 0 Å². The molecule has 0 spiro atoms. The number of thioether (sulfide) groups is 1. The predicted molar refractivity (Wildman–Crippen MR) is 157 cm³/mol. The maximum Gasteiger partial charge on any atom is 0.224 e. The van der Waals surface area contributed by atoms with E-state index in [9.17, 15) is 4.79 Å². The van der Waals surface area contributed by atoms with Gasteiger partial charge in [0, 0.05) is 29.4 Å². The van der Waals surface area contributed by atoms with Crippen molar-refractivity contribution in [1.82, 2.24) is 10.2 Å². The van der Waals surface area contributed by atoms with Crippen molar-refractivity contribution in [2.24, 2.45) is 0 Å². The normalized spacial score (nSPS) is 17.8. The van der Waals surface area contributed by atoms with Gasteiger partial charge in [-0.25, -0.2) is 0 Å². The van der Waals surface area contributed by atoms with Crippen LogP contribution in [0.15, 0.2) is 71.1 Å². The smallest absolute Gasteiger partial charge is 0.224 e. The molecule has 0 radical (unpaired) electrons. The number of anilines is 1. The second-order valence-corrected chi connectivity index (χ2v) is 12.9. The molecule has 1 aliphatic rings. The Kier molecular flexibility index (Phi) is 11.3. The number of amides is 1. The van der Waals surface area contributed by atoms with E-state index in [4.69, 9.17) is 34.8 Å². The number of hydrogen-bond acceptors (Lipinski definition) is 4. The van der Waals surface area contributed by atoms with E-state index in [0.29, 0.717) is 6.42 Å². The van der Waals surface area contributed by atoms with Crippen LogP contribution in [0.3, 0.4) is 0 Å². The number of carbonyl (C=O) groups excluding carboxylic acids is 1. The Balaban J connectivity index is 1.64. The van der Waals surface area contributed by atoms with Gasteiger partial charge in [0.05, 0.1) is 12.0 Å². The van der Waals surface area contributed by atoms with Crippen molar-refractivity contribution in [2.45, 2.75) is 53.8 Å². The number of carbonyl (C=O) groups is 1. The summed E-state index contributed by atoms with van der Waals surface area (Å²) in [7, 11) is 0. The predicted octanol–water partition coefficient (Wildman–Crippen LogP) is 7.11. The summed E-state index contributed by atoms with van der Waals surface area (Å²) in [6.07, 6.45) is 4.43. The van der Waals surface area contributed by atoms with E-state index < -0.39 is 9.33 Å². The fraction of sp³-hybridized carbons (Fsp3) is 0.464. The highest BCUT2D eigenvalue weighted by Crippen LogP contribution is 2.34. The first-order valence-corrected chi connectivity index (χ1v) is 14.6. The molecule has 2 N–H and O–H groups in total. The topological polar surface area (TPSA) is 44.4 Å². The van der Waals surface area contributed by atoms with Gasteiger partial charge in [-0.15, -0.1) is 11.8 Å².